The highest BCUT2D eigenvalue weighted by Crippen LogP contribution is 2.42. The fourth-order valence-corrected chi connectivity index (χ4v) is 3.23. The summed E-state index contributed by atoms with van der Waals surface area (Å²) in [5.74, 6) is -0.633. The molecule has 3 atom stereocenters. The van der Waals surface area contributed by atoms with Gasteiger partial charge in [-0.2, -0.15) is 13.2 Å². The summed E-state index contributed by atoms with van der Waals surface area (Å²) in [6.07, 6.45) is -2.33. The molecular formula is C11H16F3NO2. The molecule has 0 aromatic carbocycles. The number of nitrogens with zero attached hydrogens (tertiary/aromatic N) is 1. The number of rotatable bonds is 3. The second-order valence-corrected chi connectivity index (χ2v) is 5.00. The van der Waals surface area contributed by atoms with Gasteiger partial charge in [-0.1, -0.05) is 6.42 Å². The standard InChI is InChI=1S/C11H16F3NO2/c12-11(13,14)4-5-15-6-7-2-1-3-8(7)9(15)10(16)17/h7-9H,1-6H2,(H,16,17). The van der Waals surface area contributed by atoms with E-state index >= 15 is 0 Å². The third-order valence-corrected chi connectivity index (χ3v) is 3.92. The van der Waals surface area contributed by atoms with Gasteiger partial charge in [0.05, 0.1) is 6.42 Å². The Morgan fingerprint density at radius 3 is 2.65 bits per heavy atom. The lowest BCUT2D eigenvalue weighted by atomic mass is 9.94. The number of likely N-dealkylation sites (tertiary alicyclic amines) is 1. The average Bonchev–Trinajstić information content (AvgIpc) is 2.70. The van der Waals surface area contributed by atoms with Crippen LogP contribution in [0.1, 0.15) is 25.7 Å². The molecule has 1 N–H and O–H groups in total. The Kier molecular flexibility index (Phi) is 3.34. The summed E-state index contributed by atoms with van der Waals surface area (Å²) in [6.45, 7) is 0.325. The Bertz CT molecular complexity index is 306. The molecule has 98 valence electrons. The Hall–Kier alpha value is -0.780. The van der Waals surface area contributed by atoms with E-state index in [1.807, 2.05) is 0 Å². The lowest BCUT2D eigenvalue weighted by molar-refractivity contribution is -0.149. The molecule has 0 amide bonds. The monoisotopic (exact) mass is 251 g/mol. The minimum Gasteiger partial charge on any atom is -0.480 e. The number of fused-ring (bicyclic) bond motifs is 1. The lowest BCUT2D eigenvalue weighted by Gasteiger charge is -2.24. The van der Waals surface area contributed by atoms with Crippen LogP contribution in [0.3, 0.4) is 0 Å². The average molecular weight is 251 g/mol. The van der Waals surface area contributed by atoms with Crippen LogP contribution in [-0.2, 0) is 4.79 Å². The third kappa shape index (κ3) is 2.73. The SMILES string of the molecule is O=C(O)C1C2CCCC2CN1CCC(F)(F)F. The molecule has 0 bridgehead atoms. The Morgan fingerprint density at radius 2 is 2.06 bits per heavy atom. The smallest absolute Gasteiger partial charge is 0.390 e. The van der Waals surface area contributed by atoms with Gasteiger partial charge >= 0.3 is 12.1 Å². The maximum absolute atomic E-state index is 12.2. The Balaban J connectivity index is 1.99. The van der Waals surface area contributed by atoms with E-state index in [2.05, 4.69) is 0 Å². The number of aliphatic carboxylic acids is 1. The maximum Gasteiger partial charge on any atom is 0.390 e. The van der Waals surface area contributed by atoms with Crippen LogP contribution in [0.2, 0.25) is 0 Å². The normalized spacial score (nSPS) is 33.9. The highest BCUT2D eigenvalue weighted by atomic mass is 19.4. The van der Waals surface area contributed by atoms with Crippen LogP contribution in [0, 0.1) is 11.8 Å². The summed E-state index contributed by atoms with van der Waals surface area (Å²) in [5.41, 5.74) is 0. The second-order valence-electron chi connectivity index (χ2n) is 5.00. The quantitative estimate of drug-likeness (QED) is 0.835. The number of alkyl halides is 3. The van der Waals surface area contributed by atoms with Crippen molar-refractivity contribution in [1.82, 2.24) is 4.90 Å². The van der Waals surface area contributed by atoms with Gasteiger partial charge in [-0.3, -0.25) is 9.69 Å². The summed E-state index contributed by atoms with van der Waals surface area (Å²) in [4.78, 5) is 12.7. The first kappa shape index (κ1) is 12.7. The molecule has 1 saturated carbocycles. The number of hydrogen-bond donors (Lipinski definition) is 1. The zero-order valence-corrected chi connectivity index (χ0v) is 9.41. The molecule has 2 fully saturated rings. The third-order valence-electron chi connectivity index (χ3n) is 3.92. The summed E-state index contributed by atoms with van der Waals surface area (Å²) < 4.78 is 36.5. The summed E-state index contributed by atoms with van der Waals surface area (Å²) >= 11 is 0. The van der Waals surface area contributed by atoms with Crippen molar-refractivity contribution in [2.24, 2.45) is 11.8 Å². The minimum absolute atomic E-state index is 0.0562. The van der Waals surface area contributed by atoms with Gasteiger partial charge in [0.2, 0.25) is 0 Å². The number of carboxylic acid groups (broad SMARTS) is 1. The maximum atomic E-state index is 12.2. The highest BCUT2D eigenvalue weighted by Gasteiger charge is 2.48. The van der Waals surface area contributed by atoms with Crippen molar-refractivity contribution in [3.63, 3.8) is 0 Å². The van der Waals surface area contributed by atoms with Gasteiger partial charge in [-0.15, -0.1) is 0 Å². The fourth-order valence-electron chi connectivity index (χ4n) is 3.23. The van der Waals surface area contributed by atoms with E-state index in [1.54, 1.807) is 0 Å². The molecule has 3 unspecified atom stereocenters. The number of carbonyl (C=O) groups is 1. The van der Waals surface area contributed by atoms with E-state index < -0.39 is 24.6 Å². The molecule has 0 aromatic rings. The van der Waals surface area contributed by atoms with Gasteiger partial charge in [0.15, 0.2) is 0 Å². The molecule has 0 spiro atoms. The van der Waals surface area contributed by atoms with Gasteiger partial charge in [0.1, 0.15) is 6.04 Å². The van der Waals surface area contributed by atoms with Crippen molar-refractivity contribution in [3.8, 4) is 0 Å². The molecule has 2 aliphatic rings. The Labute approximate surface area is 97.6 Å². The fraction of sp³-hybridized carbons (Fsp3) is 0.909. The van der Waals surface area contributed by atoms with Crippen LogP contribution in [-0.4, -0.2) is 41.3 Å². The van der Waals surface area contributed by atoms with E-state index in [1.165, 1.54) is 4.90 Å². The van der Waals surface area contributed by atoms with E-state index in [-0.39, 0.29) is 18.4 Å². The Morgan fingerprint density at radius 1 is 1.35 bits per heavy atom. The first-order valence-electron chi connectivity index (χ1n) is 5.92. The van der Waals surface area contributed by atoms with Crippen molar-refractivity contribution >= 4 is 5.97 Å². The molecule has 17 heavy (non-hydrogen) atoms. The van der Waals surface area contributed by atoms with Crippen molar-refractivity contribution in [2.45, 2.75) is 37.9 Å². The van der Waals surface area contributed by atoms with Crippen LogP contribution < -0.4 is 0 Å². The molecule has 1 aliphatic carbocycles. The number of hydrogen-bond acceptors (Lipinski definition) is 2. The minimum atomic E-state index is -4.21. The molecule has 1 heterocycles. The van der Waals surface area contributed by atoms with Gasteiger partial charge in [0, 0.05) is 13.1 Å². The first-order valence-corrected chi connectivity index (χ1v) is 5.92. The molecule has 3 nitrogen and oxygen atoms in total. The van der Waals surface area contributed by atoms with Gasteiger partial charge < -0.3 is 5.11 Å². The van der Waals surface area contributed by atoms with Crippen LogP contribution in [0.25, 0.3) is 0 Å². The summed E-state index contributed by atoms with van der Waals surface area (Å²) in [5, 5.41) is 9.14. The van der Waals surface area contributed by atoms with Crippen molar-refractivity contribution in [1.29, 1.82) is 0 Å². The highest BCUT2D eigenvalue weighted by molar-refractivity contribution is 5.74. The van der Waals surface area contributed by atoms with Crippen molar-refractivity contribution < 1.29 is 23.1 Å². The number of carboxylic acids is 1. The van der Waals surface area contributed by atoms with E-state index in [0.717, 1.165) is 19.3 Å². The summed E-state index contributed by atoms with van der Waals surface area (Å²) in [6, 6.07) is -0.704. The lowest BCUT2D eigenvalue weighted by Crippen LogP contribution is -2.41. The predicted molar refractivity (Wildman–Crippen MR) is 54.5 cm³/mol. The van der Waals surface area contributed by atoms with Crippen molar-refractivity contribution in [2.75, 3.05) is 13.1 Å². The second kappa shape index (κ2) is 4.48. The van der Waals surface area contributed by atoms with Gasteiger partial charge in [-0.05, 0) is 24.7 Å². The first-order chi connectivity index (χ1) is 7.88. The van der Waals surface area contributed by atoms with E-state index in [9.17, 15) is 18.0 Å². The topological polar surface area (TPSA) is 40.5 Å². The zero-order chi connectivity index (χ0) is 12.6. The van der Waals surface area contributed by atoms with Gasteiger partial charge in [0.25, 0.3) is 0 Å². The number of halogens is 3. The largest absolute Gasteiger partial charge is 0.480 e. The zero-order valence-electron chi connectivity index (χ0n) is 9.41. The van der Waals surface area contributed by atoms with Crippen LogP contribution in [0.15, 0.2) is 0 Å². The molecule has 0 radical (unpaired) electrons. The van der Waals surface area contributed by atoms with E-state index in [0.29, 0.717) is 6.54 Å². The molecule has 6 heteroatoms. The van der Waals surface area contributed by atoms with Crippen LogP contribution in [0.4, 0.5) is 13.2 Å². The van der Waals surface area contributed by atoms with Crippen molar-refractivity contribution in [3.05, 3.63) is 0 Å². The van der Waals surface area contributed by atoms with Crippen LogP contribution >= 0.6 is 0 Å². The molecule has 1 aliphatic heterocycles. The van der Waals surface area contributed by atoms with E-state index in [4.69, 9.17) is 5.11 Å². The molecule has 1 saturated heterocycles. The predicted octanol–water partition coefficient (Wildman–Crippen LogP) is 2.12. The van der Waals surface area contributed by atoms with Gasteiger partial charge in [-0.25, -0.2) is 0 Å². The summed E-state index contributed by atoms with van der Waals surface area (Å²) in [7, 11) is 0. The molecular weight excluding hydrogens is 235 g/mol. The van der Waals surface area contributed by atoms with Crippen LogP contribution in [0.5, 0.6) is 0 Å². The molecule has 0 aromatic heterocycles. The molecule has 2 rings (SSSR count).